The number of piperazine rings is 1. The Morgan fingerprint density at radius 3 is 2.40 bits per heavy atom. The third kappa shape index (κ3) is 2.66. The number of nitrogens with zero attached hydrogens (tertiary/aromatic N) is 4. The molecule has 1 aliphatic rings. The van der Waals surface area contributed by atoms with Crippen molar-refractivity contribution in [2.75, 3.05) is 41.7 Å². The number of hydrogen-bond donors (Lipinski definition) is 1. The Labute approximate surface area is 119 Å². The van der Waals surface area contributed by atoms with Gasteiger partial charge in [0.05, 0.1) is 11.9 Å². The van der Waals surface area contributed by atoms with Crippen molar-refractivity contribution in [1.82, 2.24) is 9.97 Å². The molecule has 1 fully saturated rings. The Morgan fingerprint density at radius 2 is 1.75 bits per heavy atom. The third-order valence-electron chi connectivity index (χ3n) is 3.64. The highest BCUT2D eigenvalue weighted by atomic mass is 15.3. The molecule has 5 nitrogen and oxygen atoms in total. The number of nitrogens with two attached hydrogens (primary N) is 1. The van der Waals surface area contributed by atoms with Crippen LogP contribution >= 0.6 is 0 Å². The topological polar surface area (TPSA) is 58.3 Å². The summed E-state index contributed by atoms with van der Waals surface area (Å²) in [6.07, 6.45) is 3.72. The molecule has 0 atom stereocenters. The highest BCUT2D eigenvalue weighted by Crippen LogP contribution is 2.19. The minimum Gasteiger partial charge on any atom is -0.384 e. The largest absolute Gasteiger partial charge is 0.384 e. The molecular formula is C15H19N5. The van der Waals surface area contributed by atoms with E-state index in [1.165, 1.54) is 5.56 Å². The first-order valence-electron chi connectivity index (χ1n) is 6.86. The van der Waals surface area contributed by atoms with Crippen LogP contribution in [-0.4, -0.2) is 36.1 Å². The van der Waals surface area contributed by atoms with E-state index in [-0.39, 0.29) is 0 Å². The van der Waals surface area contributed by atoms with Crippen molar-refractivity contribution in [3.63, 3.8) is 0 Å². The van der Waals surface area contributed by atoms with Crippen molar-refractivity contribution in [2.45, 2.75) is 6.92 Å². The number of aryl methyl sites for hydroxylation is 1. The molecular weight excluding hydrogens is 250 g/mol. The predicted molar refractivity (Wildman–Crippen MR) is 82.0 cm³/mol. The van der Waals surface area contributed by atoms with Crippen LogP contribution in [0.4, 0.5) is 17.3 Å². The number of anilines is 3. The summed E-state index contributed by atoms with van der Waals surface area (Å²) in [5.41, 5.74) is 8.01. The standard InChI is InChI=1S/C15H19N5/c1-12-4-5-17-15(10-12)20-8-6-19(7-9-20)13-2-3-14(16)18-11-13/h2-5,10-11H,6-9H2,1H3,(H2,16,18). The van der Waals surface area contributed by atoms with E-state index in [1.54, 1.807) is 0 Å². The van der Waals surface area contributed by atoms with E-state index >= 15 is 0 Å². The van der Waals surface area contributed by atoms with Crippen LogP contribution in [0.25, 0.3) is 0 Å². The molecule has 3 heterocycles. The fourth-order valence-electron chi connectivity index (χ4n) is 2.47. The third-order valence-corrected chi connectivity index (χ3v) is 3.64. The molecule has 0 aliphatic carbocycles. The van der Waals surface area contributed by atoms with Crippen molar-refractivity contribution in [3.8, 4) is 0 Å². The fourth-order valence-corrected chi connectivity index (χ4v) is 2.47. The molecule has 1 aliphatic heterocycles. The monoisotopic (exact) mass is 269 g/mol. The molecule has 0 radical (unpaired) electrons. The summed E-state index contributed by atoms with van der Waals surface area (Å²) in [4.78, 5) is 13.3. The summed E-state index contributed by atoms with van der Waals surface area (Å²) in [6, 6.07) is 8.05. The van der Waals surface area contributed by atoms with Gasteiger partial charge in [0.2, 0.25) is 0 Å². The summed E-state index contributed by atoms with van der Waals surface area (Å²) >= 11 is 0. The minimum absolute atomic E-state index is 0.566. The Bertz CT molecular complexity index is 573. The lowest BCUT2D eigenvalue weighted by molar-refractivity contribution is 0.646. The van der Waals surface area contributed by atoms with E-state index in [0.29, 0.717) is 5.82 Å². The van der Waals surface area contributed by atoms with Gasteiger partial charge in [-0.1, -0.05) is 0 Å². The van der Waals surface area contributed by atoms with Crippen molar-refractivity contribution in [2.24, 2.45) is 0 Å². The molecule has 0 bridgehead atoms. The first-order valence-corrected chi connectivity index (χ1v) is 6.86. The lowest BCUT2D eigenvalue weighted by Gasteiger charge is -2.36. The first-order chi connectivity index (χ1) is 9.72. The number of nitrogen functional groups attached to an aromatic ring is 1. The molecule has 1 saturated heterocycles. The van der Waals surface area contributed by atoms with Gasteiger partial charge in [0.1, 0.15) is 11.6 Å². The molecule has 0 aromatic carbocycles. The van der Waals surface area contributed by atoms with Crippen LogP contribution in [0.1, 0.15) is 5.56 Å². The highest BCUT2D eigenvalue weighted by Gasteiger charge is 2.18. The van der Waals surface area contributed by atoms with Gasteiger partial charge in [-0.15, -0.1) is 0 Å². The zero-order valence-electron chi connectivity index (χ0n) is 11.7. The summed E-state index contributed by atoms with van der Waals surface area (Å²) in [5.74, 6) is 1.64. The van der Waals surface area contributed by atoms with E-state index < -0.39 is 0 Å². The number of hydrogen-bond acceptors (Lipinski definition) is 5. The molecule has 3 rings (SSSR count). The van der Waals surface area contributed by atoms with Gasteiger partial charge in [-0.25, -0.2) is 9.97 Å². The molecule has 0 unspecified atom stereocenters. The highest BCUT2D eigenvalue weighted by molar-refractivity contribution is 5.50. The van der Waals surface area contributed by atoms with Crippen LogP contribution in [-0.2, 0) is 0 Å². The molecule has 0 amide bonds. The van der Waals surface area contributed by atoms with Gasteiger partial charge in [0.25, 0.3) is 0 Å². The summed E-state index contributed by atoms with van der Waals surface area (Å²) in [6.45, 7) is 5.99. The average molecular weight is 269 g/mol. The van der Waals surface area contributed by atoms with Crippen LogP contribution in [0, 0.1) is 6.92 Å². The van der Waals surface area contributed by atoms with Gasteiger partial charge in [-0.05, 0) is 36.8 Å². The smallest absolute Gasteiger partial charge is 0.128 e. The average Bonchev–Trinajstić information content (AvgIpc) is 2.48. The lowest BCUT2D eigenvalue weighted by atomic mass is 10.2. The second kappa shape index (κ2) is 5.36. The van der Waals surface area contributed by atoms with Gasteiger partial charge in [-0.3, -0.25) is 0 Å². The van der Waals surface area contributed by atoms with Crippen LogP contribution in [0.2, 0.25) is 0 Å². The maximum Gasteiger partial charge on any atom is 0.128 e. The zero-order valence-corrected chi connectivity index (χ0v) is 11.7. The quantitative estimate of drug-likeness (QED) is 0.899. The second-order valence-electron chi connectivity index (χ2n) is 5.11. The van der Waals surface area contributed by atoms with Crippen molar-refractivity contribution in [1.29, 1.82) is 0 Å². The maximum atomic E-state index is 5.62. The summed E-state index contributed by atoms with van der Waals surface area (Å²) < 4.78 is 0. The maximum absolute atomic E-state index is 5.62. The SMILES string of the molecule is Cc1ccnc(N2CCN(c3ccc(N)nc3)CC2)c1. The van der Waals surface area contributed by atoms with E-state index in [4.69, 9.17) is 5.73 Å². The summed E-state index contributed by atoms with van der Waals surface area (Å²) in [7, 11) is 0. The Balaban J connectivity index is 1.66. The molecule has 20 heavy (non-hydrogen) atoms. The second-order valence-corrected chi connectivity index (χ2v) is 5.11. The van der Waals surface area contributed by atoms with Gasteiger partial charge >= 0.3 is 0 Å². The van der Waals surface area contributed by atoms with Gasteiger partial charge in [0.15, 0.2) is 0 Å². The van der Waals surface area contributed by atoms with Crippen LogP contribution in [0.15, 0.2) is 36.7 Å². The van der Waals surface area contributed by atoms with E-state index in [0.717, 1.165) is 37.7 Å². The van der Waals surface area contributed by atoms with Crippen LogP contribution < -0.4 is 15.5 Å². The molecule has 2 aromatic heterocycles. The number of aromatic nitrogens is 2. The van der Waals surface area contributed by atoms with E-state index in [9.17, 15) is 0 Å². The Kier molecular flexibility index (Phi) is 3.41. The zero-order chi connectivity index (χ0) is 13.9. The Hall–Kier alpha value is -2.30. The number of pyridine rings is 2. The predicted octanol–water partition coefficient (Wildman–Crippen LogP) is 1.69. The van der Waals surface area contributed by atoms with Gasteiger partial charge in [0, 0.05) is 32.4 Å². The van der Waals surface area contributed by atoms with Crippen LogP contribution in [0.3, 0.4) is 0 Å². The van der Waals surface area contributed by atoms with Crippen molar-refractivity contribution >= 4 is 17.3 Å². The molecule has 0 saturated carbocycles. The van der Waals surface area contributed by atoms with Gasteiger partial charge < -0.3 is 15.5 Å². The fraction of sp³-hybridized carbons (Fsp3) is 0.333. The van der Waals surface area contributed by atoms with E-state index in [2.05, 4.69) is 32.8 Å². The summed E-state index contributed by atoms with van der Waals surface area (Å²) in [5, 5.41) is 0. The van der Waals surface area contributed by atoms with Gasteiger partial charge in [-0.2, -0.15) is 0 Å². The van der Waals surface area contributed by atoms with Crippen molar-refractivity contribution in [3.05, 3.63) is 42.2 Å². The van der Waals surface area contributed by atoms with E-state index in [1.807, 2.05) is 30.6 Å². The van der Waals surface area contributed by atoms with Crippen molar-refractivity contribution < 1.29 is 0 Å². The molecule has 0 spiro atoms. The lowest BCUT2D eigenvalue weighted by Crippen LogP contribution is -2.46. The molecule has 2 N–H and O–H groups in total. The molecule has 2 aromatic rings. The minimum atomic E-state index is 0.566. The number of rotatable bonds is 2. The normalized spacial score (nSPS) is 15.4. The van der Waals surface area contributed by atoms with Crippen LogP contribution in [0.5, 0.6) is 0 Å². The Morgan fingerprint density at radius 1 is 1.00 bits per heavy atom. The first kappa shape index (κ1) is 12.7. The molecule has 104 valence electrons. The molecule has 5 heteroatoms.